The molecule has 0 fully saturated rings. The SMILES string of the molecule is CCn1ncc(C(C)NC(=O)CCn2ncc(I)c2C)c1C. The molecule has 0 saturated carbocycles. The van der Waals surface area contributed by atoms with Gasteiger partial charge in [-0.05, 0) is 50.3 Å². The summed E-state index contributed by atoms with van der Waals surface area (Å²) in [5.41, 5.74) is 3.27. The van der Waals surface area contributed by atoms with Crippen LogP contribution in [0.2, 0.25) is 0 Å². The van der Waals surface area contributed by atoms with Gasteiger partial charge in [-0.15, -0.1) is 0 Å². The lowest BCUT2D eigenvalue weighted by Crippen LogP contribution is -2.28. The minimum Gasteiger partial charge on any atom is -0.349 e. The van der Waals surface area contributed by atoms with Crippen molar-refractivity contribution in [3.63, 3.8) is 0 Å². The smallest absolute Gasteiger partial charge is 0.222 e. The largest absolute Gasteiger partial charge is 0.349 e. The Balaban J connectivity index is 1.91. The van der Waals surface area contributed by atoms with Gasteiger partial charge in [0.15, 0.2) is 0 Å². The third-order valence-electron chi connectivity index (χ3n) is 3.88. The number of aromatic nitrogens is 4. The topological polar surface area (TPSA) is 64.7 Å². The van der Waals surface area contributed by atoms with Crippen LogP contribution < -0.4 is 5.32 Å². The van der Waals surface area contributed by atoms with Gasteiger partial charge in [0.05, 0.1) is 22.0 Å². The number of carbonyl (C=O) groups excluding carboxylic acids is 1. The normalized spacial score (nSPS) is 12.4. The lowest BCUT2D eigenvalue weighted by molar-refractivity contribution is -0.122. The van der Waals surface area contributed by atoms with E-state index in [0.717, 1.165) is 27.1 Å². The summed E-state index contributed by atoms with van der Waals surface area (Å²) in [5, 5.41) is 11.6. The first-order valence-corrected chi connectivity index (χ1v) is 8.51. The quantitative estimate of drug-likeness (QED) is 0.738. The van der Waals surface area contributed by atoms with Crippen LogP contribution in [0.5, 0.6) is 0 Å². The molecule has 2 heterocycles. The highest BCUT2D eigenvalue weighted by Gasteiger charge is 2.15. The first kappa shape index (κ1) is 17.0. The highest BCUT2D eigenvalue weighted by molar-refractivity contribution is 14.1. The van der Waals surface area contributed by atoms with E-state index in [4.69, 9.17) is 0 Å². The fourth-order valence-corrected chi connectivity index (χ4v) is 2.86. The van der Waals surface area contributed by atoms with Crippen molar-refractivity contribution in [3.05, 3.63) is 32.9 Å². The van der Waals surface area contributed by atoms with Crippen molar-refractivity contribution in [2.24, 2.45) is 0 Å². The van der Waals surface area contributed by atoms with Gasteiger partial charge in [0.25, 0.3) is 0 Å². The molecule has 0 aliphatic carbocycles. The Bertz CT molecular complexity index is 661. The van der Waals surface area contributed by atoms with Crippen molar-refractivity contribution in [2.45, 2.75) is 53.2 Å². The Morgan fingerprint density at radius 3 is 2.50 bits per heavy atom. The fourth-order valence-electron chi connectivity index (χ4n) is 2.45. The molecule has 7 heteroatoms. The lowest BCUT2D eigenvalue weighted by Gasteiger charge is -2.14. The second-order valence-corrected chi connectivity index (χ2v) is 6.50. The molecule has 22 heavy (non-hydrogen) atoms. The minimum atomic E-state index is -0.0355. The van der Waals surface area contributed by atoms with Gasteiger partial charge in [0, 0.05) is 36.5 Å². The molecule has 1 N–H and O–H groups in total. The molecule has 0 radical (unpaired) electrons. The lowest BCUT2D eigenvalue weighted by atomic mass is 10.1. The maximum absolute atomic E-state index is 12.1. The molecule has 2 aromatic rings. The van der Waals surface area contributed by atoms with Crippen molar-refractivity contribution in [3.8, 4) is 0 Å². The zero-order valence-electron chi connectivity index (χ0n) is 13.4. The number of hydrogen-bond acceptors (Lipinski definition) is 3. The van der Waals surface area contributed by atoms with E-state index in [1.165, 1.54) is 0 Å². The molecule has 1 atom stereocenters. The molecule has 0 aromatic carbocycles. The molecule has 2 rings (SSSR count). The first-order chi connectivity index (χ1) is 10.4. The Kier molecular flexibility index (Phi) is 5.60. The van der Waals surface area contributed by atoms with Gasteiger partial charge in [0.1, 0.15) is 0 Å². The van der Waals surface area contributed by atoms with Crippen LogP contribution in [0.4, 0.5) is 0 Å². The molecule has 0 bridgehead atoms. The molecule has 1 unspecified atom stereocenters. The van der Waals surface area contributed by atoms with E-state index >= 15 is 0 Å². The molecular weight excluding hydrogens is 393 g/mol. The highest BCUT2D eigenvalue weighted by atomic mass is 127. The number of halogens is 1. The van der Waals surface area contributed by atoms with Crippen LogP contribution in [-0.4, -0.2) is 25.5 Å². The van der Waals surface area contributed by atoms with Crippen molar-refractivity contribution in [1.29, 1.82) is 0 Å². The number of rotatable bonds is 6. The van der Waals surface area contributed by atoms with Crippen molar-refractivity contribution < 1.29 is 4.79 Å². The summed E-state index contributed by atoms with van der Waals surface area (Å²) in [7, 11) is 0. The summed E-state index contributed by atoms with van der Waals surface area (Å²) in [6.45, 7) is 9.52. The Hall–Kier alpha value is -1.38. The van der Waals surface area contributed by atoms with Crippen LogP contribution in [0.25, 0.3) is 0 Å². The van der Waals surface area contributed by atoms with Crippen LogP contribution in [-0.2, 0) is 17.9 Å². The average Bonchev–Trinajstić information content (AvgIpc) is 3.01. The molecule has 0 aliphatic heterocycles. The zero-order valence-corrected chi connectivity index (χ0v) is 15.6. The van der Waals surface area contributed by atoms with E-state index in [0.29, 0.717) is 13.0 Å². The van der Waals surface area contributed by atoms with Crippen LogP contribution in [0.3, 0.4) is 0 Å². The van der Waals surface area contributed by atoms with E-state index in [9.17, 15) is 4.79 Å². The van der Waals surface area contributed by atoms with Crippen molar-refractivity contribution in [2.75, 3.05) is 0 Å². The number of carbonyl (C=O) groups is 1. The van der Waals surface area contributed by atoms with Gasteiger partial charge in [0.2, 0.25) is 5.91 Å². The zero-order chi connectivity index (χ0) is 16.3. The maximum atomic E-state index is 12.1. The molecule has 2 aromatic heterocycles. The monoisotopic (exact) mass is 415 g/mol. The number of nitrogens with one attached hydrogen (secondary N) is 1. The van der Waals surface area contributed by atoms with E-state index in [-0.39, 0.29) is 11.9 Å². The number of aryl methyl sites for hydroxylation is 2. The first-order valence-electron chi connectivity index (χ1n) is 7.43. The summed E-state index contributed by atoms with van der Waals surface area (Å²) in [5.74, 6) is 0.0288. The molecule has 6 nitrogen and oxygen atoms in total. The summed E-state index contributed by atoms with van der Waals surface area (Å²) in [4.78, 5) is 12.1. The maximum Gasteiger partial charge on any atom is 0.222 e. The Labute approximate surface area is 144 Å². The van der Waals surface area contributed by atoms with Crippen molar-refractivity contribution in [1.82, 2.24) is 24.9 Å². The highest BCUT2D eigenvalue weighted by Crippen LogP contribution is 2.17. The third kappa shape index (κ3) is 3.68. The summed E-state index contributed by atoms with van der Waals surface area (Å²) < 4.78 is 4.92. The van der Waals surface area contributed by atoms with Gasteiger partial charge in [-0.3, -0.25) is 14.2 Å². The Morgan fingerprint density at radius 1 is 1.27 bits per heavy atom. The number of nitrogens with zero attached hydrogens (tertiary/aromatic N) is 4. The molecule has 0 saturated heterocycles. The van der Waals surface area contributed by atoms with Crippen LogP contribution in [0, 0.1) is 17.4 Å². The van der Waals surface area contributed by atoms with E-state index in [1.807, 2.05) is 42.5 Å². The predicted molar refractivity (Wildman–Crippen MR) is 93.5 cm³/mol. The molecule has 0 aliphatic rings. The van der Waals surface area contributed by atoms with Crippen LogP contribution in [0.15, 0.2) is 12.4 Å². The van der Waals surface area contributed by atoms with E-state index < -0.39 is 0 Å². The third-order valence-corrected chi connectivity index (χ3v) is 4.94. The van der Waals surface area contributed by atoms with Gasteiger partial charge in [-0.1, -0.05) is 0 Å². The summed E-state index contributed by atoms with van der Waals surface area (Å²) >= 11 is 2.25. The van der Waals surface area contributed by atoms with E-state index in [2.05, 4.69) is 45.0 Å². The molecule has 120 valence electrons. The number of amides is 1. The predicted octanol–water partition coefficient (Wildman–Crippen LogP) is 2.59. The molecule has 1 amide bonds. The second-order valence-electron chi connectivity index (χ2n) is 5.34. The van der Waals surface area contributed by atoms with Gasteiger partial charge in [-0.25, -0.2) is 0 Å². The van der Waals surface area contributed by atoms with Crippen molar-refractivity contribution >= 4 is 28.5 Å². The van der Waals surface area contributed by atoms with Crippen LogP contribution >= 0.6 is 22.6 Å². The average molecular weight is 415 g/mol. The fraction of sp³-hybridized carbons (Fsp3) is 0.533. The van der Waals surface area contributed by atoms with Crippen LogP contribution in [0.1, 0.15) is 43.3 Å². The summed E-state index contributed by atoms with van der Waals surface area (Å²) in [6, 6.07) is -0.0355. The van der Waals surface area contributed by atoms with Gasteiger partial charge in [-0.2, -0.15) is 10.2 Å². The minimum absolute atomic E-state index is 0.0288. The number of hydrogen-bond donors (Lipinski definition) is 1. The molecular formula is C15H22IN5O. The Morgan fingerprint density at radius 2 is 1.95 bits per heavy atom. The molecule has 0 spiro atoms. The standard InChI is InChI=1S/C15H22IN5O/c1-5-20-11(3)13(8-17-20)10(2)19-15(22)6-7-21-12(4)14(16)9-18-21/h8-10H,5-7H2,1-4H3,(H,19,22). The van der Waals surface area contributed by atoms with Gasteiger partial charge >= 0.3 is 0 Å². The summed E-state index contributed by atoms with van der Waals surface area (Å²) in [6.07, 6.45) is 4.08. The van der Waals surface area contributed by atoms with Gasteiger partial charge < -0.3 is 5.32 Å². The second kappa shape index (κ2) is 7.26. The van der Waals surface area contributed by atoms with E-state index in [1.54, 1.807) is 0 Å².